The lowest BCUT2D eigenvalue weighted by atomic mass is 10.1. The Morgan fingerprint density at radius 3 is 2.35 bits per heavy atom. The van der Waals surface area contributed by atoms with Crippen LogP contribution in [0.25, 0.3) is 11.2 Å². The fourth-order valence-corrected chi connectivity index (χ4v) is 5.74. The summed E-state index contributed by atoms with van der Waals surface area (Å²) in [6.07, 6.45) is -3.72. The first-order valence-corrected chi connectivity index (χ1v) is 15.4. The highest BCUT2D eigenvalue weighted by molar-refractivity contribution is 5.85. The van der Waals surface area contributed by atoms with Crippen molar-refractivity contribution in [1.82, 2.24) is 29.7 Å². The van der Waals surface area contributed by atoms with Crippen LogP contribution in [0.2, 0.25) is 0 Å². The molecule has 2 fully saturated rings. The van der Waals surface area contributed by atoms with Gasteiger partial charge in [-0.2, -0.15) is 23.1 Å². The standard InChI is InChI=1S/C28H40N8O5.C2HF3O2/c1-4-22(39)31-20-12-21(25(41)24(20)40)36-15-29-23-26(30-17(14-37)11-16-5-7-19(38)8-6-16)32-28(33-27(23)36)35-10-9-18(13-35)34(2)3;3-2(4,5)1(6)7/h5-8,15,17-18,20-21,24-25,37-38,40-41H,4,9-14H2,1-3H3,(H,31,39)(H,30,32,33);(H,6,7)/t17-,18+,20-,21+,24+,25-;/m0./s1. The van der Waals surface area contributed by atoms with Crippen molar-refractivity contribution in [2.45, 2.75) is 75.2 Å². The third kappa shape index (κ3) is 8.60. The van der Waals surface area contributed by atoms with E-state index in [1.165, 1.54) is 0 Å². The van der Waals surface area contributed by atoms with E-state index in [-0.39, 0.29) is 24.7 Å². The van der Waals surface area contributed by atoms with E-state index in [1.54, 1.807) is 30.0 Å². The number of hydrogen-bond acceptors (Lipinski definition) is 12. The second-order valence-electron chi connectivity index (χ2n) is 12.1. The number of benzene rings is 1. The summed E-state index contributed by atoms with van der Waals surface area (Å²) in [6, 6.07) is 5.63. The van der Waals surface area contributed by atoms with Crippen molar-refractivity contribution in [2.24, 2.45) is 0 Å². The number of phenols is 1. The number of fused-ring (bicyclic) bond motifs is 1. The quantitative estimate of drug-likeness (QED) is 0.159. The number of carbonyl (C=O) groups is 2. The number of carboxylic acids is 1. The van der Waals surface area contributed by atoms with Crippen molar-refractivity contribution >= 4 is 34.8 Å². The molecule has 6 atom stereocenters. The minimum Gasteiger partial charge on any atom is -0.508 e. The Hall–Kier alpha value is -4.26. The van der Waals surface area contributed by atoms with Crippen LogP contribution in [0.5, 0.6) is 5.75 Å². The molecular formula is C30H41F3N8O7. The van der Waals surface area contributed by atoms with Gasteiger partial charge >= 0.3 is 12.1 Å². The van der Waals surface area contributed by atoms with Gasteiger partial charge in [0.05, 0.1) is 31.1 Å². The SMILES string of the molecule is CCC(=O)N[C@H]1C[C@@H](n2cnc3c(N[C@H](CO)Cc4ccc(O)cc4)nc(N4CC[C@@H](N(C)C)C4)nc32)[C@H](O)[C@@H]1O.O=C(O)C(F)(F)F. The van der Waals surface area contributed by atoms with Gasteiger partial charge in [0.25, 0.3) is 0 Å². The summed E-state index contributed by atoms with van der Waals surface area (Å²) >= 11 is 0. The van der Waals surface area contributed by atoms with E-state index in [0.717, 1.165) is 25.1 Å². The summed E-state index contributed by atoms with van der Waals surface area (Å²) < 4.78 is 33.5. The number of hydrogen-bond donors (Lipinski definition) is 7. The summed E-state index contributed by atoms with van der Waals surface area (Å²) in [6.45, 7) is 3.09. The van der Waals surface area contributed by atoms with Gasteiger partial charge in [0, 0.05) is 25.6 Å². The highest BCUT2D eigenvalue weighted by atomic mass is 19.4. The molecule has 15 nitrogen and oxygen atoms in total. The third-order valence-electron chi connectivity index (χ3n) is 8.48. The number of imidazole rings is 1. The van der Waals surface area contributed by atoms with Crippen LogP contribution in [-0.4, -0.2) is 132 Å². The molecule has 7 N–H and O–H groups in total. The second-order valence-corrected chi connectivity index (χ2v) is 12.1. The number of phenolic OH excluding ortho intramolecular Hbond substituents is 1. The molecule has 0 unspecified atom stereocenters. The van der Waals surface area contributed by atoms with E-state index < -0.39 is 42.5 Å². The van der Waals surface area contributed by atoms with Gasteiger partial charge in [-0.15, -0.1) is 0 Å². The molecule has 18 heteroatoms. The number of alkyl halides is 3. The van der Waals surface area contributed by atoms with E-state index in [4.69, 9.17) is 19.9 Å². The number of aromatic hydroxyl groups is 1. The number of aromatic nitrogens is 4. The fraction of sp³-hybridized carbons (Fsp3) is 0.567. The first-order chi connectivity index (χ1) is 22.6. The molecule has 0 bridgehead atoms. The Labute approximate surface area is 274 Å². The van der Waals surface area contributed by atoms with Crippen LogP contribution in [0.3, 0.4) is 0 Å². The minimum absolute atomic E-state index is 0.166. The molecule has 5 rings (SSSR count). The number of amides is 1. The van der Waals surface area contributed by atoms with Crippen LogP contribution >= 0.6 is 0 Å². The number of anilines is 2. The number of rotatable bonds is 10. The van der Waals surface area contributed by atoms with Crippen LogP contribution < -0.4 is 15.5 Å². The van der Waals surface area contributed by atoms with Crippen LogP contribution in [-0.2, 0) is 16.0 Å². The molecule has 1 saturated heterocycles. The number of carboxylic acid groups (broad SMARTS) is 1. The molecule has 48 heavy (non-hydrogen) atoms. The number of carbonyl (C=O) groups excluding carboxylic acids is 1. The molecule has 2 aliphatic rings. The zero-order valence-corrected chi connectivity index (χ0v) is 26.7. The smallest absolute Gasteiger partial charge is 0.490 e. The van der Waals surface area contributed by atoms with Crippen molar-refractivity contribution in [1.29, 1.82) is 0 Å². The second kappa shape index (κ2) is 15.3. The lowest BCUT2D eigenvalue weighted by Gasteiger charge is -2.23. The molecule has 0 radical (unpaired) electrons. The number of nitrogens with one attached hydrogen (secondary N) is 2. The van der Waals surface area contributed by atoms with Crippen LogP contribution in [0, 0.1) is 0 Å². The Morgan fingerprint density at radius 2 is 1.79 bits per heavy atom. The van der Waals surface area contributed by atoms with Crippen molar-refractivity contribution in [2.75, 3.05) is 44.0 Å². The minimum atomic E-state index is -5.08. The zero-order valence-electron chi connectivity index (χ0n) is 26.7. The molecule has 264 valence electrons. The number of aliphatic hydroxyl groups excluding tert-OH is 3. The topological polar surface area (TPSA) is 209 Å². The van der Waals surface area contributed by atoms with Crippen molar-refractivity contribution in [3.63, 3.8) is 0 Å². The Balaban J connectivity index is 0.000000671. The van der Waals surface area contributed by atoms with Crippen molar-refractivity contribution in [3.05, 3.63) is 36.2 Å². The lowest BCUT2D eigenvalue weighted by Crippen LogP contribution is -2.42. The van der Waals surface area contributed by atoms with E-state index in [0.29, 0.717) is 41.8 Å². The van der Waals surface area contributed by atoms with Crippen molar-refractivity contribution < 1.29 is 48.3 Å². The molecule has 1 aliphatic heterocycles. The summed E-state index contributed by atoms with van der Waals surface area (Å²) in [5.41, 5.74) is 1.90. The maximum atomic E-state index is 12.0. The van der Waals surface area contributed by atoms with Gasteiger partial charge in [-0.05, 0) is 51.1 Å². The molecule has 3 aromatic rings. The molecular weight excluding hydrogens is 641 g/mol. The Kier molecular flexibility index (Phi) is 11.7. The van der Waals surface area contributed by atoms with Crippen LogP contribution in [0.1, 0.15) is 37.8 Å². The van der Waals surface area contributed by atoms with Crippen molar-refractivity contribution in [3.8, 4) is 5.75 Å². The summed E-state index contributed by atoms with van der Waals surface area (Å²) in [7, 11) is 4.10. The van der Waals surface area contributed by atoms with Gasteiger partial charge in [0.1, 0.15) is 18.0 Å². The number of nitrogens with zero attached hydrogens (tertiary/aromatic N) is 6. The van der Waals surface area contributed by atoms with E-state index in [1.807, 2.05) is 12.1 Å². The van der Waals surface area contributed by atoms with Gasteiger partial charge in [-0.25, -0.2) is 9.78 Å². The van der Waals surface area contributed by atoms with Gasteiger partial charge in [-0.1, -0.05) is 19.1 Å². The summed E-state index contributed by atoms with van der Waals surface area (Å²) in [5.74, 6) is -1.81. The van der Waals surface area contributed by atoms with Gasteiger partial charge in [-0.3, -0.25) is 4.79 Å². The highest BCUT2D eigenvalue weighted by Gasteiger charge is 2.44. The molecule has 3 heterocycles. The fourth-order valence-electron chi connectivity index (χ4n) is 5.74. The average molecular weight is 683 g/mol. The number of halogens is 3. The number of likely N-dealkylation sites (N-methyl/N-ethyl adjacent to an activating group) is 1. The van der Waals surface area contributed by atoms with E-state index in [9.17, 15) is 38.4 Å². The Bertz CT molecular complexity index is 1560. The largest absolute Gasteiger partial charge is 0.508 e. The maximum absolute atomic E-state index is 12.0. The van der Waals surface area contributed by atoms with E-state index in [2.05, 4.69) is 39.5 Å². The Morgan fingerprint density at radius 1 is 1.12 bits per heavy atom. The molecule has 1 aromatic carbocycles. The number of aliphatic hydroxyl groups is 3. The summed E-state index contributed by atoms with van der Waals surface area (Å²) in [5, 5.41) is 54.8. The predicted octanol–water partition coefficient (Wildman–Crippen LogP) is 0.882. The van der Waals surface area contributed by atoms with E-state index >= 15 is 0 Å². The molecule has 1 aliphatic carbocycles. The average Bonchev–Trinajstić information content (AvgIpc) is 3.77. The van der Waals surface area contributed by atoms with Gasteiger partial charge < -0.3 is 50.5 Å². The zero-order chi connectivity index (χ0) is 35.3. The first kappa shape index (κ1) is 36.6. The summed E-state index contributed by atoms with van der Waals surface area (Å²) in [4.78, 5) is 39.6. The number of aliphatic carboxylic acids is 1. The van der Waals surface area contributed by atoms with Gasteiger partial charge in [0.2, 0.25) is 11.9 Å². The molecule has 1 amide bonds. The molecule has 2 aromatic heterocycles. The van der Waals surface area contributed by atoms with Crippen LogP contribution in [0.15, 0.2) is 30.6 Å². The third-order valence-corrected chi connectivity index (χ3v) is 8.48. The monoisotopic (exact) mass is 682 g/mol. The molecule has 1 saturated carbocycles. The predicted molar refractivity (Wildman–Crippen MR) is 168 cm³/mol. The van der Waals surface area contributed by atoms with Gasteiger partial charge in [0.15, 0.2) is 17.0 Å². The van der Waals surface area contributed by atoms with Crippen LogP contribution in [0.4, 0.5) is 24.9 Å². The first-order valence-electron chi connectivity index (χ1n) is 15.4. The maximum Gasteiger partial charge on any atom is 0.490 e. The normalized spacial score (nSPS) is 23.2. The lowest BCUT2D eigenvalue weighted by molar-refractivity contribution is -0.192. The highest BCUT2D eigenvalue weighted by Crippen LogP contribution is 2.35. The molecule has 0 spiro atoms.